The van der Waals surface area contributed by atoms with Crippen molar-refractivity contribution in [1.29, 1.82) is 0 Å². The quantitative estimate of drug-likeness (QED) is 0.922. The molecule has 23 heavy (non-hydrogen) atoms. The Hall–Kier alpha value is -2.75. The lowest BCUT2D eigenvalue weighted by atomic mass is 10.2. The highest BCUT2D eigenvalue weighted by Crippen LogP contribution is 2.27. The van der Waals surface area contributed by atoms with Crippen LogP contribution in [0, 0.1) is 0 Å². The summed E-state index contributed by atoms with van der Waals surface area (Å²) in [7, 11) is 0. The number of nitrogens with two attached hydrogens (primary N) is 1. The minimum atomic E-state index is 0.669. The minimum Gasteiger partial charge on any atom is -0.487 e. The highest BCUT2D eigenvalue weighted by Gasteiger charge is 2.21. The van der Waals surface area contributed by atoms with E-state index in [-0.39, 0.29) is 0 Å². The summed E-state index contributed by atoms with van der Waals surface area (Å²) >= 11 is 0. The number of nitrogens with zero attached hydrogens (tertiary/aromatic N) is 2. The van der Waals surface area contributed by atoms with E-state index < -0.39 is 0 Å². The van der Waals surface area contributed by atoms with Gasteiger partial charge in [0.25, 0.3) is 0 Å². The SMILES string of the molecule is CCCN1C=C(N)C=C2OCC=C21.c1ccc2ncccc2c1. The second kappa shape index (κ2) is 7.01. The van der Waals surface area contributed by atoms with Crippen LogP contribution in [0.5, 0.6) is 0 Å². The van der Waals surface area contributed by atoms with Gasteiger partial charge in [0.15, 0.2) is 0 Å². The van der Waals surface area contributed by atoms with E-state index in [1.807, 2.05) is 42.7 Å². The van der Waals surface area contributed by atoms with Crippen molar-refractivity contribution < 1.29 is 4.74 Å². The van der Waals surface area contributed by atoms with E-state index in [0.717, 1.165) is 35.6 Å². The van der Waals surface area contributed by atoms with Crippen LogP contribution >= 0.6 is 0 Å². The van der Waals surface area contributed by atoms with Crippen molar-refractivity contribution in [3.05, 3.63) is 78.1 Å². The lowest BCUT2D eigenvalue weighted by Gasteiger charge is -2.25. The summed E-state index contributed by atoms with van der Waals surface area (Å²) in [5.41, 5.74) is 8.74. The molecule has 2 aromatic rings. The molecule has 4 rings (SSSR count). The smallest absolute Gasteiger partial charge is 0.145 e. The van der Waals surface area contributed by atoms with Crippen molar-refractivity contribution >= 4 is 10.9 Å². The number of aromatic nitrogens is 1. The molecule has 1 aromatic carbocycles. The standard InChI is InChI=1S/C10H14N2O.C9H7N/c1-2-4-12-7-8(11)6-10-9(12)3-5-13-10;1-2-6-9-8(4-1)5-3-7-10-9/h3,6-7H,2,4-5,11H2,1H3;1-7H. The molecule has 2 aliphatic heterocycles. The molecule has 0 saturated heterocycles. The Morgan fingerprint density at radius 3 is 2.87 bits per heavy atom. The fraction of sp³-hybridized carbons (Fsp3) is 0.211. The van der Waals surface area contributed by atoms with Gasteiger partial charge < -0.3 is 15.4 Å². The fourth-order valence-electron chi connectivity index (χ4n) is 2.64. The Balaban J connectivity index is 0.000000140. The molecule has 2 N–H and O–H groups in total. The summed E-state index contributed by atoms with van der Waals surface area (Å²) in [6.07, 6.45) is 8.85. The van der Waals surface area contributed by atoms with Gasteiger partial charge in [0.2, 0.25) is 0 Å². The Kier molecular flexibility index (Phi) is 4.62. The van der Waals surface area contributed by atoms with Gasteiger partial charge in [-0.25, -0.2) is 0 Å². The predicted molar refractivity (Wildman–Crippen MR) is 93.1 cm³/mol. The summed E-state index contributed by atoms with van der Waals surface area (Å²) < 4.78 is 5.41. The average Bonchev–Trinajstić information content (AvgIpc) is 3.04. The van der Waals surface area contributed by atoms with Crippen LogP contribution in [0.25, 0.3) is 10.9 Å². The van der Waals surface area contributed by atoms with Crippen molar-refractivity contribution in [3.8, 4) is 0 Å². The third kappa shape index (κ3) is 3.54. The Labute approximate surface area is 136 Å². The van der Waals surface area contributed by atoms with Gasteiger partial charge in [-0.3, -0.25) is 4.98 Å². The zero-order valence-corrected chi connectivity index (χ0v) is 13.3. The summed E-state index contributed by atoms with van der Waals surface area (Å²) in [5.74, 6) is 0.911. The zero-order chi connectivity index (χ0) is 16.1. The molecule has 0 bridgehead atoms. The Morgan fingerprint density at radius 1 is 1.22 bits per heavy atom. The molecular weight excluding hydrogens is 286 g/mol. The van der Waals surface area contributed by atoms with Gasteiger partial charge in [-0.2, -0.15) is 0 Å². The van der Waals surface area contributed by atoms with Crippen LogP contribution < -0.4 is 5.73 Å². The monoisotopic (exact) mass is 307 g/mol. The molecule has 0 saturated carbocycles. The number of pyridine rings is 1. The van der Waals surface area contributed by atoms with Crippen molar-refractivity contribution in [2.45, 2.75) is 13.3 Å². The van der Waals surface area contributed by atoms with E-state index in [1.165, 1.54) is 5.39 Å². The number of fused-ring (bicyclic) bond motifs is 2. The number of ether oxygens (including phenoxy) is 1. The molecule has 0 fully saturated rings. The largest absolute Gasteiger partial charge is 0.487 e. The van der Waals surface area contributed by atoms with Crippen LogP contribution in [-0.2, 0) is 4.74 Å². The maximum Gasteiger partial charge on any atom is 0.145 e. The first kappa shape index (κ1) is 15.2. The van der Waals surface area contributed by atoms with Gasteiger partial charge in [-0.1, -0.05) is 31.2 Å². The average molecular weight is 307 g/mol. The first-order valence-electron chi connectivity index (χ1n) is 7.86. The van der Waals surface area contributed by atoms with Crippen LogP contribution in [0.15, 0.2) is 78.1 Å². The number of hydrogen-bond acceptors (Lipinski definition) is 4. The highest BCUT2D eigenvalue weighted by atomic mass is 16.5. The van der Waals surface area contributed by atoms with Gasteiger partial charge in [0.1, 0.15) is 12.4 Å². The molecule has 0 radical (unpaired) electrons. The first-order chi connectivity index (χ1) is 11.3. The minimum absolute atomic E-state index is 0.669. The lowest BCUT2D eigenvalue weighted by Crippen LogP contribution is -2.22. The topological polar surface area (TPSA) is 51.4 Å². The molecule has 1 aromatic heterocycles. The number of benzene rings is 1. The summed E-state index contributed by atoms with van der Waals surface area (Å²) in [6.45, 7) is 3.81. The van der Waals surface area contributed by atoms with Gasteiger partial charge >= 0.3 is 0 Å². The first-order valence-corrected chi connectivity index (χ1v) is 7.86. The number of para-hydroxylation sites is 1. The van der Waals surface area contributed by atoms with Crippen molar-refractivity contribution in [2.24, 2.45) is 5.73 Å². The molecule has 2 aliphatic rings. The third-order valence-electron chi connectivity index (χ3n) is 3.66. The van der Waals surface area contributed by atoms with E-state index >= 15 is 0 Å². The van der Waals surface area contributed by atoms with Crippen molar-refractivity contribution in [2.75, 3.05) is 13.2 Å². The Bertz CT molecular complexity index is 712. The molecular formula is C19H21N3O. The lowest BCUT2D eigenvalue weighted by molar-refractivity contribution is 0.262. The number of rotatable bonds is 2. The predicted octanol–water partition coefficient (Wildman–Crippen LogP) is 3.54. The van der Waals surface area contributed by atoms with Crippen LogP contribution in [0.4, 0.5) is 0 Å². The van der Waals surface area contributed by atoms with Crippen LogP contribution in [0.1, 0.15) is 13.3 Å². The molecule has 0 unspecified atom stereocenters. The molecule has 0 aliphatic carbocycles. The number of allylic oxidation sites excluding steroid dienone is 1. The molecule has 118 valence electrons. The van der Waals surface area contributed by atoms with Gasteiger partial charge in [-0.05, 0) is 24.6 Å². The second-order valence-electron chi connectivity index (χ2n) is 5.43. The highest BCUT2D eigenvalue weighted by molar-refractivity contribution is 5.77. The van der Waals surface area contributed by atoms with Crippen molar-refractivity contribution in [1.82, 2.24) is 9.88 Å². The molecule has 3 heterocycles. The van der Waals surface area contributed by atoms with Crippen molar-refractivity contribution in [3.63, 3.8) is 0 Å². The van der Waals surface area contributed by atoms with E-state index in [1.54, 1.807) is 0 Å². The van der Waals surface area contributed by atoms with Gasteiger partial charge in [0, 0.05) is 30.4 Å². The summed E-state index contributed by atoms with van der Waals surface area (Å²) in [5, 5.41) is 1.20. The van der Waals surface area contributed by atoms with Gasteiger partial charge in [-0.15, -0.1) is 0 Å². The summed E-state index contributed by atoms with van der Waals surface area (Å²) in [4.78, 5) is 6.33. The van der Waals surface area contributed by atoms with E-state index in [9.17, 15) is 0 Å². The van der Waals surface area contributed by atoms with Crippen LogP contribution in [0.3, 0.4) is 0 Å². The normalized spacial score (nSPS) is 15.7. The molecule has 0 spiro atoms. The number of hydrogen-bond donors (Lipinski definition) is 1. The third-order valence-corrected chi connectivity index (χ3v) is 3.66. The molecule has 4 heteroatoms. The van der Waals surface area contributed by atoms with E-state index in [2.05, 4.69) is 35.0 Å². The maximum absolute atomic E-state index is 5.75. The van der Waals surface area contributed by atoms with Crippen LogP contribution in [0.2, 0.25) is 0 Å². The van der Waals surface area contributed by atoms with Gasteiger partial charge in [0.05, 0.1) is 16.9 Å². The zero-order valence-electron chi connectivity index (χ0n) is 13.3. The Morgan fingerprint density at radius 2 is 2.04 bits per heavy atom. The molecule has 4 nitrogen and oxygen atoms in total. The van der Waals surface area contributed by atoms with Crippen LogP contribution in [-0.4, -0.2) is 23.0 Å². The fourth-order valence-corrected chi connectivity index (χ4v) is 2.64. The molecule has 0 amide bonds. The molecule has 0 atom stereocenters. The van der Waals surface area contributed by atoms with E-state index in [0.29, 0.717) is 6.61 Å². The maximum atomic E-state index is 5.75. The summed E-state index contributed by atoms with van der Waals surface area (Å²) in [6, 6.07) is 12.1. The second-order valence-corrected chi connectivity index (χ2v) is 5.43. The van der Waals surface area contributed by atoms with E-state index in [4.69, 9.17) is 10.5 Å².